The van der Waals surface area contributed by atoms with Crippen molar-refractivity contribution in [3.63, 3.8) is 0 Å². The van der Waals surface area contributed by atoms with E-state index in [1.165, 1.54) is 6.33 Å². The summed E-state index contributed by atoms with van der Waals surface area (Å²) in [5.74, 6) is 3.01. The van der Waals surface area contributed by atoms with Crippen molar-refractivity contribution in [1.82, 2.24) is 14.5 Å². The molecule has 2 atom stereocenters. The molecule has 2 aromatic rings. The lowest BCUT2D eigenvalue weighted by atomic mass is 9.91. The van der Waals surface area contributed by atoms with Crippen LogP contribution >= 0.6 is 0 Å². The van der Waals surface area contributed by atoms with Gasteiger partial charge in [-0.3, -0.25) is 0 Å². The maximum absolute atomic E-state index is 6.22. The van der Waals surface area contributed by atoms with E-state index in [-0.39, 0.29) is 0 Å². The molecule has 0 saturated carbocycles. The smallest absolute Gasteiger partial charge is 0.157 e. The molecule has 0 radical (unpaired) electrons. The molecule has 0 bridgehead atoms. The largest absolute Gasteiger partial charge is 0.459 e. The van der Waals surface area contributed by atoms with Gasteiger partial charge < -0.3 is 15.0 Å². The summed E-state index contributed by atoms with van der Waals surface area (Å²) >= 11 is 0. The Morgan fingerprint density at radius 1 is 1.32 bits per heavy atom. The van der Waals surface area contributed by atoms with Crippen LogP contribution in [-0.2, 0) is 6.54 Å². The first-order chi connectivity index (χ1) is 10.8. The highest BCUT2D eigenvalue weighted by Crippen LogP contribution is 2.39. The van der Waals surface area contributed by atoms with E-state index >= 15 is 0 Å². The lowest BCUT2D eigenvalue weighted by Crippen LogP contribution is -2.12. The lowest BCUT2D eigenvalue weighted by molar-refractivity contribution is 0.364. The minimum atomic E-state index is 0.316. The van der Waals surface area contributed by atoms with E-state index in [9.17, 15) is 0 Å². The van der Waals surface area contributed by atoms with Gasteiger partial charge in [-0.05, 0) is 25.3 Å². The zero-order chi connectivity index (χ0) is 15.1. The summed E-state index contributed by atoms with van der Waals surface area (Å²) in [5.41, 5.74) is 6.86. The molecule has 0 aromatic carbocycles. The highest BCUT2D eigenvalue weighted by atomic mass is 16.5. The molecule has 0 saturated heterocycles. The second kappa shape index (κ2) is 5.02. The molecule has 0 amide bonds. The number of allylic oxidation sites excluding steroid dienone is 5. The third-order valence-electron chi connectivity index (χ3n) is 4.39. The molecule has 4 rings (SSSR count). The van der Waals surface area contributed by atoms with E-state index in [0.29, 0.717) is 17.7 Å². The summed E-state index contributed by atoms with van der Waals surface area (Å²) < 4.78 is 8.25. The van der Waals surface area contributed by atoms with Gasteiger partial charge in [-0.15, -0.1) is 0 Å². The van der Waals surface area contributed by atoms with Gasteiger partial charge >= 0.3 is 0 Å². The molecule has 5 heteroatoms. The van der Waals surface area contributed by atoms with Crippen LogP contribution in [0.2, 0.25) is 0 Å². The van der Waals surface area contributed by atoms with Gasteiger partial charge in [0.1, 0.15) is 28.9 Å². The molecule has 0 aliphatic heterocycles. The first-order valence-corrected chi connectivity index (χ1v) is 7.60. The van der Waals surface area contributed by atoms with Crippen molar-refractivity contribution in [2.24, 2.45) is 11.8 Å². The minimum Gasteiger partial charge on any atom is -0.459 e. The quantitative estimate of drug-likeness (QED) is 0.944. The number of hydrogen-bond acceptors (Lipinski definition) is 4. The summed E-state index contributed by atoms with van der Waals surface area (Å²) in [6.45, 7) is 2.88. The standard InChI is InChI=1S/C17H18N4O/c1-2-21-9-14(15-16(18)19-10-20-17(15)21)22-13-8-7-11-5-3-4-6-12(11)13/h3-6,8-12H,2,7H2,1H3,(H2,18,19,20). The van der Waals surface area contributed by atoms with Crippen molar-refractivity contribution < 1.29 is 4.74 Å². The van der Waals surface area contributed by atoms with Crippen LogP contribution < -0.4 is 10.5 Å². The molecule has 22 heavy (non-hydrogen) atoms. The summed E-state index contributed by atoms with van der Waals surface area (Å²) in [6.07, 6.45) is 15.3. The zero-order valence-corrected chi connectivity index (χ0v) is 12.4. The van der Waals surface area contributed by atoms with Crippen LogP contribution in [0.1, 0.15) is 13.3 Å². The van der Waals surface area contributed by atoms with Gasteiger partial charge in [0.15, 0.2) is 5.75 Å². The van der Waals surface area contributed by atoms with Gasteiger partial charge in [0.2, 0.25) is 0 Å². The van der Waals surface area contributed by atoms with Crippen LogP contribution in [-0.4, -0.2) is 14.5 Å². The van der Waals surface area contributed by atoms with Gasteiger partial charge in [0, 0.05) is 18.7 Å². The van der Waals surface area contributed by atoms with Gasteiger partial charge in [-0.25, -0.2) is 9.97 Å². The number of fused-ring (bicyclic) bond motifs is 2. The SMILES string of the molecule is CCn1cc(OC2=CCC3C=CC=CC23)c2c(N)ncnc21. The molecule has 5 nitrogen and oxygen atoms in total. The fourth-order valence-corrected chi connectivity index (χ4v) is 3.24. The van der Waals surface area contributed by atoms with E-state index in [4.69, 9.17) is 10.5 Å². The average molecular weight is 294 g/mol. The normalized spacial score (nSPS) is 22.9. The molecule has 0 spiro atoms. The molecule has 2 heterocycles. The highest BCUT2D eigenvalue weighted by molar-refractivity contribution is 5.92. The van der Waals surface area contributed by atoms with Crippen LogP contribution in [0.5, 0.6) is 5.75 Å². The Morgan fingerprint density at radius 2 is 2.18 bits per heavy atom. The van der Waals surface area contributed by atoms with E-state index < -0.39 is 0 Å². The Kier molecular flexibility index (Phi) is 2.99. The first kappa shape index (κ1) is 13.1. The number of hydrogen-bond donors (Lipinski definition) is 1. The molecular formula is C17H18N4O. The lowest BCUT2D eigenvalue weighted by Gasteiger charge is -2.19. The number of nitrogen functional groups attached to an aromatic ring is 1. The number of aryl methyl sites for hydroxylation is 1. The Balaban J connectivity index is 1.73. The third-order valence-corrected chi connectivity index (χ3v) is 4.39. The summed E-state index contributed by atoms with van der Waals surface area (Å²) in [4.78, 5) is 8.44. The maximum Gasteiger partial charge on any atom is 0.157 e. The molecule has 2 N–H and O–H groups in total. The van der Waals surface area contributed by atoms with Gasteiger partial charge in [0.25, 0.3) is 0 Å². The number of ether oxygens (including phenoxy) is 1. The molecule has 2 unspecified atom stereocenters. The Labute approximate surface area is 128 Å². The Morgan fingerprint density at radius 3 is 3.05 bits per heavy atom. The van der Waals surface area contributed by atoms with Crippen molar-refractivity contribution in [3.8, 4) is 5.75 Å². The van der Waals surface area contributed by atoms with Crippen molar-refractivity contribution in [3.05, 3.63) is 48.7 Å². The fourth-order valence-electron chi connectivity index (χ4n) is 3.24. The molecule has 112 valence electrons. The number of rotatable bonds is 3. The van der Waals surface area contributed by atoms with Crippen LogP contribution in [0.3, 0.4) is 0 Å². The summed E-state index contributed by atoms with van der Waals surface area (Å²) in [7, 11) is 0. The average Bonchev–Trinajstić information content (AvgIpc) is 3.11. The van der Waals surface area contributed by atoms with Crippen molar-refractivity contribution in [2.45, 2.75) is 19.9 Å². The summed E-state index contributed by atoms with van der Waals surface area (Å²) in [6, 6.07) is 0. The zero-order valence-electron chi connectivity index (χ0n) is 12.4. The van der Waals surface area contributed by atoms with Crippen molar-refractivity contribution in [1.29, 1.82) is 0 Å². The van der Waals surface area contributed by atoms with Crippen LogP contribution in [0.25, 0.3) is 11.0 Å². The predicted octanol–water partition coefficient (Wildman–Crippen LogP) is 3.06. The molecular weight excluding hydrogens is 276 g/mol. The highest BCUT2D eigenvalue weighted by Gasteiger charge is 2.29. The van der Waals surface area contributed by atoms with Crippen molar-refractivity contribution >= 4 is 16.9 Å². The number of nitrogens with two attached hydrogens (primary N) is 1. The third kappa shape index (κ3) is 1.93. The van der Waals surface area contributed by atoms with Crippen LogP contribution in [0, 0.1) is 11.8 Å². The maximum atomic E-state index is 6.22. The molecule has 2 aromatic heterocycles. The monoisotopic (exact) mass is 294 g/mol. The molecule has 2 aliphatic rings. The molecule has 2 aliphatic carbocycles. The number of nitrogens with zero attached hydrogens (tertiary/aromatic N) is 3. The van der Waals surface area contributed by atoms with Crippen LogP contribution in [0.15, 0.2) is 48.7 Å². The Bertz CT molecular complexity index is 815. The fraction of sp³-hybridized carbons (Fsp3) is 0.294. The second-order valence-corrected chi connectivity index (χ2v) is 5.64. The second-order valence-electron chi connectivity index (χ2n) is 5.64. The van der Waals surface area contributed by atoms with Crippen LogP contribution in [0.4, 0.5) is 5.82 Å². The minimum absolute atomic E-state index is 0.316. The Hall–Kier alpha value is -2.56. The predicted molar refractivity (Wildman–Crippen MR) is 86.2 cm³/mol. The number of aromatic nitrogens is 3. The van der Waals surface area contributed by atoms with E-state index in [1.54, 1.807) is 0 Å². The summed E-state index contributed by atoms with van der Waals surface area (Å²) in [5, 5.41) is 0.795. The first-order valence-electron chi connectivity index (χ1n) is 7.60. The number of anilines is 1. The topological polar surface area (TPSA) is 66.0 Å². The van der Waals surface area contributed by atoms with Gasteiger partial charge in [-0.2, -0.15) is 0 Å². The van der Waals surface area contributed by atoms with Gasteiger partial charge in [-0.1, -0.05) is 24.3 Å². The van der Waals surface area contributed by atoms with E-state index in [2.05, 4.69) is 47.3 Å². The van der Waals surface area contributed by atoms with E-state index in [0.717, 1.165) is 35.5 Å². The molecule has 0 fully saturated rings. The van der Waals surface area contributed by atoms with E-state index in [1.807, 2.05) is 10.8 Å². The van der Waals surface area contributed by atoms with Crippen molar-refractivity contribution in [2.75, 3.05) is 5.73 Å². The van der Waals surface area contributed by atoms with Gasteiger partial charge in [0.05, 0.1) is 0 Å².